The minimum atomic E-state index is -0.745. The van der Waals surface area contributed by atoms with Crippen molar-refractivity contribution < 1.29 is 5.11 Å². The van der Waals surface area contributed by atoms with E-state index in [1.807, 2.05) is 13.8 Å². The molecular formula is C16H25NO. The first-order valence-corrected chi connectivity index (χ1v) is 6.92. The fraction of sp³-hybridized carbons (Fsp3) is 0.625. The van der Waals surface area contributed by atoms with Gasteiger partial charge < -0.3 is 5.11 Å². The predicted molar refractivity (Wildman–Crippen MR) is 75.6 cm³/mol. The molecule has 1 N–H and O–H groups in total. The van der Waals surface area contributed by atoms with Gasteiger partial charge in [-0.2, -0.15) is 0 Å². The predicted octanol–water partition coefficient (Wildman–Crippen LogP) is 3.24. The van der Waals surface area contributed by atoms with Gasteiger partial charge in [0.2, 0.25) is 0 Å². The Hall–Kier alpha value is -0.860. The summed E-state index contributed by atoms with van der Waals surface area (Å²) in [6.45, 7) is 11.6. The smallest absolute Gasteiger partial charge is 0.0843 e. The molecule has 18 heavy (non-hydrogen) atoms. The zero-order valence-corrected chi connectivity index (χ0v) is 12.2. The Labute approximate surface area is 111 Å². The van der Waals surface area contributed by atoms with E-state index in [1.165, 1.54) is 11.1 Å². The summed E-state index contributed by atoms with van der Waals surface area (Å²) in [7, 11) is 0. The molecular weight excluding hydrogens is 222 g/mol. The number of hydrogen-bond donors (Lipinski definition) is 1. The molecule has 0 saturated carbocycles. The van der Waals surface area contributed by atoms with Crippen molar-refractivity contribution in [3.05, 3.63) is 34.9 Å². The second kappa shape index (κ2) is 4.67. The molecule has 0 radical (unpaired) electrons. The van der Waals surface area contributed by atoms with Gasteiger partial charge in [0.15, 0.2) is 0 Å². The number of hydrogen-bond acceptors (Lipinski definition) is 2. The highest BCUT2D eigenvalue weighted by atomic mass is 16.3. The third kappa shape index (κ3) is 2.32. The average molecular weight is 247 g/mol. The number of aliphatic hydroxyl groups is 1. The van der Waals surface area contributed by atoms with E-state index in [-0.39, 0.29) is 0 Å². The van der Waals surface area contributed by atoms with Gasteiger partial charge >= 0.3 is 0 Å². The van der Waals surface area contributed by atoms with E-state index in [0.717, 1.165) is 18.5 Å². The average Bonchev–Trinajstić information content (AvgIpc) is 2.27. The minimum absolute atomic E-state index is 0.441. The lowest BCUT2D eigenvalue weighted by Crippen LogP contribution is -2.39. The molecule has 2 heteroatoms. The van der Waals surface area contributed by atoms with Crippen molar-refractivity contribution in [1.82, 2.24) is 4.90 Å². The summed E-state index contributed by atoms with van der Waals surface area (Å²) in [6, 6.07) is 7.36. The van der Waals surface area contributed by atoms with Crippen LogP contribution in [-0.2, 0) is 12.0 Å². The molecule has 0 aliphatic carbocycles. The zero-order chi connectivity index (χ0) is 13.5. The summed E-state index contributed by atoms with van der Waals surface area (Å²) in [4.78, 5) is 2.52. The molecule has 1 aliphatic heterocycles. The summed E-state index contributed by atoms with van der Waals surface area (Å²) in [5.41, 5.74) is 3.09. The van der Waals surface area contributed by atoms with Crippen LogP contribution in [0.4, 0.5) is 0 Å². The van der Waals surface area contributed by atoms with E-state index in [4.69, 9.17) is 0 Å². The van der Waals surface area contributed by atoms with Crippen molar-refractivity contribution in [1.29, 1.82) is 0 Å². The van der Waals surface area contributed by atoms with Gasteiger partial charge in [-0.1, -0.05) is 18.2 Å². The van der Waals surface area contributed by atoms with Crippen LogP contribution in [0.5, 0.6) is 0 Å². The number of nitrogens with zero attached hydrogens (tertiary/aromatic N) is 1. The summed E-state index contributed by atoms with van der Waals surface area (Å²) in [6.07, 6.45) is 1.04. The number of fused-ring (bicyclic) bond motifs is 1. The van der Waals surface area contributed by atoms with Gasteiger partial charge in [0.1, 0.15) is 0 Å². The SMILES string of the molecule is CC(C)N1CCc2c(cccc2C(C)(C)O)C1C. The molecule has 0 amide bonds. The van der Waals surface area contributed by atoms with Crippen LogP contribution in [0.3, 0.4) is 0 Å². The Balaban J connectivity index is 2.46. The maximum atomic E-state index is 10.3. The quantitative estimate of drug-likeness (QED) is 0.867. The second-order valence-corrected chi connectivity index (χ2v) is 6.19. The highest BCUT2D eigenvalue weighted by Gasteiger charge is 2.30. The molecule has 1 aliphatic rings. The van der Waals surface area contributed by atoms with Gasteiger partial charge in [-0.25, -0.2) is 0 Å². The fourth-order valence-electron chi connectivity index (χ4n) is 3.17. The molecule has 1 unspecified atom stereocenters. The van der Waals surface area contributed by atoms with Gasteiger partial charge in [0.25, 0.3) is 0 Å². The maximum Gasteiger partial charge on any atom is 0.0843 e. The van der Waals surface area contributed by atoms with Crippen LogP contribution >= 0.6 is 0 Å². The lowest BCUT2D eigenvalue weighted by atomic mass is 9.83. The highest BCUT2D eigenvalue weighted by Crippen LogP contribution is 2.36. The Morgan fingerprint density at radius 3 is 2.56 bits per heavy atom. The molecule has 0 aromatic heterocycles. The van der Waals surface area contributed by atoms with Crippen molar-refractivity contribution in [2.45, 2.75) is 58.7 Å². The normalized spacial score (nSPS) is 21.2. The molecule has 100 valence electrons. The lowest BCUT2D eigenvalue weighted by molar-refractivity contribution is 0.0756. The Morgan fingerprint density at radius 2 is 2.00 bits per heavy atom. The van der Waals surface area contributed by atoms with Crippen LogP contribution in [-0.4, -0.2) is 22.6 Å². The zero-order valence-electron chi connectivity index (χ0n) is 12.2. The van der Waals surface area contributed by atoms with Crippen LogP contribution in [0.15, 0.2) is 18.2 Å². The van der Waals surface area contributed by atoms with E-state index in [2.05, 4.69) is 43.9 Å². The summed E-state index contributed by atoms with van der Waals surface area (Å²) in [5, 5.41) is 10.3. The van der Waals surface area contributed by atoms with E-state index in [9.17, 15) is 5.11 Å². The lowest BCUT2D eigenvalue weighted by Gasteiger charge is -2.40. The monoisotopic (exact) mass is 247 g/mol. The molecule has 0 saturated heterocycles. The van der Waals surface area contributed by atoms with Crippen molar-refractivity contribution in [3.63, 3.8) is 0 Å². The first kappa shape index (κ1) is 13.6. The summed E-state index contributed by atoms with van der Waals surface area (Å²) < 4.78 is 0. The Bertz CT molecular complexity index is 431. The molecule has 1 heterocycles. The van der Waals surface area contributed by atoms with E-state index < -0.39 is 5.60 Å². The van der Waals surface area contributed by atoms with Gasteiger partial charge in [0, 0.05) is 18.6 Å². The summed E-state index contributed by atoms with van der Waals surface area (Å²) >= 11 is 0. The van der Waals surface area contributed by atoms with Gasteiger partial charge in [-0.15, -0.1) is 0 Å². The first-order chi connectivity index (χ1) is 8.32. The Kier molecular flexibility index (Phi) is 3.52. The second-order valence-electron chi connectivity index (χ2n) is 6.19. The van der Waals surface area contributed by atoms with E-state index in [0.29, 0.717) is 12.1 Å². The molecule has 0 fully saturated rings. The van der Waals surface area contributed by atoms with Gasteiger partial charge in [0.05, 0.1) is 5.60 Å². The third-order valence-electron chi connectivity index (χ3n) is 4.10. The topological polar surface area (TPSA) is 23.5 Å². The summed E-state index contributed by atoms with van der Waals surface area (Å²) in [5.74, 6) is 0. The molecule has 1 aromatic carbocycles. The van der Waals surface area contributed by atoms with E-state index in [1.54, 1.807) is 0 Å². The molecule has 2 rings (SSSR count). The van der Waals surface area contributed by atoms with E-state index >= 15 is 0 Å². The Morgan fingerprint density at radius 1 is 1.33 bits per heavy atom. The van der Waals surface area contributed by atoms with Crippen molar-refractivity contribution in [2.24, 2.45) is 0 Å². The van der Waals surface area contributed by atoms with Gasteiger partial charge in [-0.3, -0.25) is 4.90 Å². The van der Waals surface area contributed by atoms with Crippen LogP contribution in [0.1, 0.15) is 57.4 Å². The van der Waals surface area contributed by atoms with Crippen molar-refractivity contribution in [2.75, 3.05) is 6.54 Å². The maximum absolute atomic E-state index is 10.3. The third-order valence-corrected chi connectivity index (χ3v) is 4.10. The molecule has 0 spiro atoms. The minimum Gasteiger partial charge on any atom is -0.386 e. The molecule has 1 aromatic rings. The van der Waals surface area contributed by atoms with Crippen LogP contribution in [0.25, 0.3) is 0 Å². The van der Waals surface area contributed by atoms with Crippen LogP contribution in [0.2, 0.25) is 0 Å². The van der Waals surface area contributed by atoms with Crippen molar-refractivity contribution in [3.8, 4) is 0 Å². The largest absolute Gasteiger partial charge is 0.386 e. The fourth-order valence-corrected chi connectivity index (χ4v) is 3.17. The van der Waals surface area contributed by atoms with Gasteiger partial charge in [-0.05, 0) is 57.7 Å². The highest BCUT2D eigenvalue weighted by molar-refractivity contribution is 5.41. The molecule has 1 atom stereocenters. The first-order valence-electron chi connectivity index (χ1n) is 6.92. The number of benzene rings is 1. The molecule has 0 bridgehead atoms. The van der Waals surface area contributed by atoms with Crippen molar-refractivity contribution >= 4 is 0 Å². The van der Waals surface area contributed by atoms with Crippen LogP contribution in [0, 0.1) is 0 Å². The van der Waals surface area contributed by atoms with Crippen LogP contribution < -0.4 is 0 Å². The number of rotatable bonds is 2. The standard InChI is InChI=1S/C16H25NO/c1-11(2)17-10-9-14-13(12(17)3)7-6-8-15(14)16(4,5)18/h6-8,11-12,18H,9-10H2,1-5H3. The molecule has 2 nitrogen and oxygen atoms in total.